The highest BCUT2D eigenvalue weighted by Crippen LogP contribution is 2.42. The van der Waals surface area contributed by atoms with Gasteiger partial charge in [-0.15, -0.1) is 0 Å². The lowest BCUT2D eigenvalue weighted by Crippen LogP contribution is -2.34. The van der Waals surface area contributed by atoms with Gasteiger partial charge in [0.2, 0.25) is 0 Å². The van der Waals surface area contributed by atoms with Crippen LogP contribution in [0.3, 0.4) is 0 Å². The van der Waals surface area contributed by atoms with E-state index in [9.17, 15) is 9.59 Å². The van der Waals surface area contributed by atoms with E-state index in [1.54, 1.807) is 11.9 Å². The van der Waals surface area contributed by atoms with Gasteiger partial charge in [-0.05, 0) is 62.1 Å². The first-order valence-corrected chi connectivity index (χ1v) is 12.0. The minimum Gasteiger partial charge on any atom is -0.350 e. The molecule has 0 radical (unpaired) electrons. The molecule has 1 aliphatic heterocycles. The van der Waals surface area contributed by atoms with Gasteiger partial charge in [0.25, 0.3) is 11.8 Å². The summed E-state index contributed by atoms with van der Waals surface area (Å²) in [6, 6.07) is 24.0. The molecule has 1 heterocycles. The standard InChI is InChI=1S/C28H28N2O2S/c1-19-8-7-11-22(16-19)17-26-28(32)30(3)24-18-23(14-15-25(24)33-26)27(31)29-20(2)12-13-21-9-5-4-6-10-21/h4-11,14-18,20H,12-13H2,1-3H3,(H,29,31)/b26-17-. The van der Waals surface area contributed by atoms with Gasteiger partial charge in [0, 0.05) is 23.5 Å². The van der Waals surface area contributed by atoms with E-state index < -0.39 is 0 Å². The SMILES string of the molecule is Cc1cccc(/C=C2\Sc3ccc(C(=O)NC(C)CCc4ccccc4)cc3N(C)C2=O)c1. The second-order valence-electron chi connectivity index (χ2n) is 8.47. The number of thioether (sulfide) groups is 1. The number of carbonyl (C=O) groups excluding carboxylic acids is 2. The van der Waals surface area contributed by atoms with Gasteiger partial charge < -0.3 is 10.2 Å². The zero-order valence-corrected chi connectivity index (χ0v) is 20.0. The van der Waals surface area contributed by atoms with Crippen molar-refractivity contribution in [2.75, 3.05) is 11.9 Å². The number of benzene rings is 3. The second kappa shape index (κ2) is 10.1. The van der Waals surface area contributed by atoms with Crippen molar-refractivity contribution in [3.8, 4) is 0 Å². The lowest BCUT2D eigenvalue weighted by atomic mass is 10.1. The summed E-state index contributed by atoms with van der Waals surface area (Å²) >= 11 is 1.45. The van der Waals surface area contributed by atoms with E-state index in [1.165, 1.54) is 17.3 Å². The molecule has 0 saturated heterocycles. The van der Waals surface area contributed by atoms with Crippen molar-refractivity contribution < 1.29 is 9.59 Å². The summed E-state index contributed by atoms with van der Waals surface area (Å²) in [6.07, 6.45) is 3.70. The van der Waals surface area contributed by atoms with Crippen molar-refractivity contribution >= 4 is 35.3 Å². The van der Waals surface area contributed by atoms with Crippen LogP contribution in [0.25, 0.3) is 6.08 Å². The van der Waals surface area contributed by atoms with Gasteiger partial charge in [0.15, 0.2) is 0 Å². The van der Waals surface area contributed by atoms with Crippen molar-refractivity contribution in [1.82, 2.24) is 5.32 Å². The molecule has 3 aromatic carbocycles. The maximum atomic E-state index is 13.0. The summed E-state index contributed by atoms with van der Waals surface area (Å²) < 4.78 is 0. The number of anilines is 1. The van der Waals surface area contributed by atoms with Gasteiger partial charge >= 0.3 is 0 Å². The van der Waals surface area contributed by atoms with Gasteiger partial charge in [0.05, 0.1) is 10.6 Å². The third-order valence-electron chi connectivity index (χ3n) is 5.74. The highest BCUT2D eigenvalue weighted by Gasteiger charge is 2.27. The quantitative estimate of drug-likeness (QED) is 0.473. The lowest BCUT2D eigenvalue weighted by molar-refractivity contribution is -0.114. The Balaban J connectivity index is 1.46. The van der Waals surface area contributed by atoms with Gasteiger partial charge in [-0.2, -0.15) is 0 Å². The Morgan fingerprint density at radius 3 is 2.61 bits per heavy atom. The van der Waals surface area contributed by atoms with E-state index in [0.717, 1.165) is 34.6 Å². The summed E-state index contributed by atoms with van der Waals surface area (Å²) in [5, 5.41) is 3.09. The maximum absolute atomic E-state index is 13.0. The molecule has 4 nitrogen and oxygen atoms in total. The van der Waals surface area contributed by atoms with Crippen molar-refractivity contribution in [1.29, 1.82) is 0 Å². The van der Waals surface area contributed by atoms with Crippen LogP contribution in [0.2, 0.25) is 0 Å². The Morgan fingerprint density at radius 2 is 1.85 bits per heavy atom. The molecule has 0 aliphatic carbocycles. The molecule has 33 heavy (non-hydrogen) atoms. The Hall–Kier alpha value is -3.31. The predicted octanol–water partition coefficient (Wildman–Crippen LogP) is 5.86. The van der Waals surface area contributed by atoms with E-state index in [-0.39, 0.29) is 17.9 Å². The van der Waals surface area contributed by atoms with Crippen LogP contribution in [0.5, 0.6) is 0 Å². The number of carbonyl (C=O) groups is 2. The second-order valence-corrected chi connectivity index (χ2v) is 9.55. The smallest absolute Gasteiger partial charge is 0.264 e. The minimum atomic E-state index is -0.120. The van der Waals surface area contributed by atoms with Crippen LogP contribution >= 0.6 is 11.8 Å². The number of rotatable bonds is 6. The topological polar surface area (TPSA) is 49.4 Å². The zero-order chi connectivity index (χ0) is 23.4. The molecule has 3 aromatic rings. The lowest BCUT2D eigenvalue weighted by Gasteiger charge is -2.27. The molecule has 168 valence electrons. The third-order valence-corrected chi connectivity index (χ3v) is 6.82. The average molecular weight is 457 g/mol. The molecule has 0 saturated carbocycles. The van der Waals surface area contributed by atoms with Crippen molar-refractivity contribution in [2.24, 2.45) is 0 Å². The summed E-state index contributed by atoms with van der Waals surface area (Å²) in [7, 11) is 1.76. The highest BCUT2D eigenvalue weighted by molar-refractivity contribution is 8.04. The number of aryl methyl sites for hydroxylation is 2. The molecule has 0 spiro atoms. The fourth-order valence-corrected chi connectivity index (χ4v) is 4.95. The summed E-state index contributed by atoms with van der Waals surface area (Å²) in [6.45, 7) is 4.06. The largest absolute Gasteiger partial charge is 0.350 e. The number of hydrogen-bond acceptors (Lipinski definition) is 3. The van der Waals surface area contributed by atoms with Gasteiger partial charge in [-0.1, -0.05) is 71.9 Å². The fourth-order valence-electron chi connectivity index (χ4n) is 3.85. The molecule has 5 heteroatoms. The molecule has 1 N–H and O–H groups in total. The molecule has 4 rings (SSSR count). The maximum Gasteiger partial charge on any atom is 0.264 e. The van der Waals surface area contributed by atoms with E-state index in [1.807, 2.05) is 74.5 Å². The minimum absolute atomic E-state index is 0.0475. The van der Waals surface area contributed by atoms with Gasteiger partial charge in [-0.3, -0.25) is 9.59 Å². The van der Waals surface area contributed by atoms with E-state index in [0.29, 0.717) is 10.5 Å². The number of hydrogen-bond donors (Lipinski definition) is 1. The number of nitrogens with one attached hydrogen (secondary N) is 1. The van der Waals surface area contributed by atoms with E-state index in [4.69, 9.17) is 0 Å². The third kappa shape index (κ3) is 5.55. The average Bonchev–Trinajstić information content (AvgIpc) is 2.81. The Kier molecular flexibility index (Phi) is 6.99. The van der Waals surface area contributed by atoms with Crippen molar-refractivity contribution in [2.45, 2.75) is 37.6 Å². The Morgan fingerprint density at radius 1 is 1.06 bits per heavy atom. The first kappa shape index (κ1) is 22.9. The number of nitrogens with zero attached hydrogens (tertiary/aromatic N) is 1. The number of fused-ring (bicyclic) bond motifs is 1. The van der Waals surface area contributed by atoms with Crippen LogP contribution in [0.4, 0.5) is 5.69 Å². The molecular formula is C28H28N2O2S. The Bertz CT molecular complexity index is 1200. The summed E-state index contributed by atoms with van der Waals surface area (Å²) in [4.78, 5) is 29.1. The van der Waals surface area contributed by atoms with Gasteiger partial charge in [-0.25, -0.2) is 0 Å². The normalized spacial score (nSPS) is 15.3. The van der Waals surface area contributed by atoms with Crippen LogP contribution in [-0.4, -0.2) is 24.9 Å². The van der Waals surface area contributed by atoms with Crippen LogP contribution in [0.1, 0.15) is 40.4 Å². The summed E-state index contributed by atoms with van der Waals surface area (Å²) in [5.74, 6) is -0.187. The van der Waals surface area contributed by atoms with Gasteiger partial charge in [0.1, 0.15) is 0 Å². The molecule has 2 amide bonds. The van der Waals surface area contributed by atoms with Crippen LogP contribution in [-0.2, 0) is 11.2 Å². The molecule has 0 bridgehead atoms. The van der Waals surface area contributed by atoms with Crippen molar-refractivity contribution in [3.63, 3.8) is 0 Å². The molecule has 0 aromatic heterocycles. The fraction of sp³-hybridized carbons (Fsp3) is 0.214. The predicted molar refractivity (Wildman–Crippen MR) is 137 cm³/mol. The molecule has 0 fully saturated rings. The van der Waals surface area contributed by atoms with Crippen LogP contribution in [0, 0.1) is 6.92 Å². The van der Waals surface area contributed by atoms with Crippen LogP contribution in [0.15, 0.2) is 82.6 Å². The molecule has 1 unspecified atom stereocenters. The molecule has 1 atom stereocenters. The number of amides is 2. The van der Waals surface area contributed by atoms with Crippen molar-refractivity contribution in [3.05, 3.63) is 100.0 Å². The monoisotopic (exact) mass is 456 g/mol. The Labute approximate surface area is 199 Å². The zero-order valence-electron chi connectivity index (χ0n) is 19.2. The summed E-state index contributed by atoms with van der Waals surface area (Å²) in [5.41, 5.74) is 4.74. The first-order valence-electron chi connectivity index (χ1n) is 11.1. The highest BCUT2D eigenvalue weighted by atomic mass is 32.2. The van der Waals surface area contributed by atoms with E-state index >= 15 is 0 Å². The molecular weight excluding hydrogens is 428 g/mol. The van der Waals surface area contributed by atoms with E-state index in [2.05, 4.69) is 23.5 Å². The van der Waals surface area contributed by atoms with Crippen LogP contribution < -0.4 is 10.2 Å². The number of likely N-dealkylation sites (N-methyl/N-ethyl adjacent to an activating group) is 1. The first-order chi connectivity index (χ1) is 15.9. The molecule has 1 aliphatic rings.